The van der Waals surface area contributed by atoms with Gasteiger partial charge in [0.1, 0.15) is 5.78 Å². The molecule has 0 aliphatic rings. The number of benzene rings is 2. The standard InChI is InChI=1S/C12H10.C5H8Br2O/c1-3-7-11(8-4-1)12-9-5-2-6-10-12;6-3-1-5(8)2-4-7/h1-10H;1-4H2. The van der Waals surface area contributed by atoms with Gasteiger partial charge in [-0.05, 0) is 11.1 Å². The van der Waals surface area contributed by atoms with E-state index in [1.165, 1.54) is 11.1 Å². The summed E-state index contributed by atoms with van der Waals surface area (Å²) in [6.07, 6.45) is 1.32. The number of carbonyl (C=O) groups excluding carboxylic acids is 1. The maximum Gasteiger partial charge on any atom is 0.134 e. The van der Waals surface area contributed by atoms with Gasteiger partial charge in [0, 0.05) is 23.5 Å². The predicted octanol–water partition coefficient (Wildman–Crippen LogP) is 5.48. The minimum atomic E-state index is 0.318. The summed E-state index contributed by atoms with van der Waals surface area (Å²) in [6.45, 7) is 0. The van der Waals surface area contributed by atoms with Crippen LogP contribution >= 0.6 is 31.9 Å². The summed E-state index contributed by atoms with van der Waals surface area (Å²) in [5, 5.41) is 1.58. The molecule has 0 fully saturated rings. The Hall–Kier alpha value is -0.930. The zero-order chi connectivity index (χ0) is 14.6. The van der Waals surface area contributed by atoms with Crippen LogP contribution in [0.4, 0.5) is 0 Å². The van der Waals surface area contributed by atoms with Gasteiger partial charge in [-0.25, -0.2) is 0 Å². The molecule has 2 aromatic rings. The van der Waals surface area contributed by atoms with Gasteiger partial charge in [-0.2, -0.15) is 0 Å². The fourth-order valence-electron chi connectivity index (χ4n) is 1.60. The van der Waals surface area contributed by atoms with Gasteiger partial charge in [-0.15, -0.1) is 0 Å². The van der Waals surface area contributed by atoms with Gasteiger partial charge in [0.25, 0.3) is 0 Å². The SMILES string of the molecule is O=C(CCBr)CCBr.c1ccc(-c2ccccc2)cc1. The van der Waals surface area contributed by atoms with Crippen LogP contribution < -0.4 is 0 Å². The zero-order valence-electron chi connectivity index (χ0n) is 11.3. The highest BCUT2D eigenvalue weighted by Gasteiger charge is 1.96. The highest BCUT2D eigenvalue weighted by Crippen LogP contribution is 2.17. The number of rotatable bonds is 5. The Balaban J connectivity index is 0.000000221. The van der Waals surface area contributed by atoms with Gasteiger partial charge in [0.2, 0.25) is 0 Å². The molecule has 0 aromatic heterocycles. The highest BCUT2D eigenvalue weighted by molar-refractivity contribution is 9.09. The molecule has 1 nitrogen and oxygen atoms in total. The second-order valence-corrected chi connectivity index (χ2v) is 5.73. The lowest BCUT2D eigenvalue weighted by molar-refractivity contribution is -0.118. The van der Waals surface area contributed by atoms with Crippen LogP contribution in [0.3, 0.4) is 0 Å². The van der Waals surface area contributed by atoms with E-state index in [0.29, 0.717) is 18.6 Å². The van der Waals surface area contributed by atoms with Crippen molar-refractivity contribution in [2.45, 2.75) is 12.8 Å². The summed E-state index contributed by atoms with van der Waals surface area (Å²) < 4.78 is 0. The highest BCUT2D eigenvalue weighted by atomic mass is 79.9. The smallest absolute Gasteiger partial charge is 0.134 e. The molecule has 0 aliphatic heterocycles. The fraction of sp³-hybridized carbons (Fsp3) is 0.235. The number of ketones is 1. The first-order chi connectivity index (χ1) is 9.77. The molecular weight excluding hydrogens is 380 g/mol. The minimum absolute atomic E-state index is 0.318. The molecular formula is C17H18Br2O. The van der Waals surface area contributed by atoms with Crippen LogP contribution in [0.1, 0.15) is 12.8 Å². The molecule has 0 amide bonds. The fourth-order valence-corrected chi connectivity index (χ4v) is 2.48. The molecule has 0 saturated carbocycles. The molecule has 3 heteroatoms. The van der Waals surface area contributed by atoms with Crippen LogP contribution in [0.25, 0.3) is 11.1 Å². The van der Waals surface area contributed by atoms with Gasteiger partial charge in [-0.1, -0.05) is 92.5 Å². The molecule has 0 radical (unpaired) electrons. The van der Waals surface area contributed by atoms with E-state index in [-0.39, 0.29) is 0 Å². The van der Waals surface area contributed by atoms with E-state index in [0.717, 1.165) is 10.7 Å². The number of Topliss-reactive ketones (excluding diaryl/α,β-unsaturated/α-hetero) is 1. The molecule has 106 valence electrons. The Labute approximate surface area is 137 Å². The van der Waals surface area contributed by atoms with Crippen LogP contribution in [0.2, 0.25) is 0 Å². The van der Waals surface area contributed by atoms with Gasteiger partial charge in [0.05, 0.1) is 0 Å². The molecule has 0 heterocycles. The van der Waals surface area contributed by atoms with E-state index in [2.05, 4.69) is 80.4 Å². The van der Waals surface area contributed by atoms with E-state index in [1.54, 1.807) is 0 Å². The topological polar surface area (TPSA) is 17.1 Å². The number of alkyl halides is 2. The molecule has 2 rings (SSSR count). The van der Waals surface area contributed by atoms with Crippen molar-refractivity contribution < 1.29 is 4.79 Å². The summed E-state index contributed by atoms with van der Waals surface area (Å²) in [6, 6.07) is 20.8. The third kappa shape index (κ3) is 7.01. The van der Waals surface area contributed by atoms with Gasteiger partial charge in [-0.3, -0.25) is 4.79 Å². The van der Waals surface area contributed by atoms with Crippen molar-refractivity contribution in [3.63, 3.8) is 0 Å². The molecule has 0 N–H and O–H groups in total. The molecule has 2 aromatic carbocycles. The number of hydrogen-bond acceptors (Lipinski definition) is 1. The van der Waals surface area contributed by atoms with Crippen molar-refractivity contribution in [1.82, 2.24) is 0 Å². The molecule has 0 unspecified atom stereocenters. The molecule has 20 heavy (non-hydrogen) atoms. The average Bonchev–Trinajstić information content (AvgIpc) is 2.50. The van der Waals surface area contributed by atoms with E-state index < -0.39 is 0 Å². The van der Waals surface area contributed by atoms with Crippen molar-refractivity contribution in [3.8, 4) is 11.1 Å². The minimum Gasteiger partial charge on any atom is -0.300 e. The van der Waals surface area contributed by atoms with Crippen LogP contribution in [0.15, 0.2) is 60.7 Å². The van der Waals surface area contributed by atoms with E-state index in [4.69, 9.17) is 0 Å². The van der Waals surface area contributed by atoms with Crippen molar-refractivity contribution in [1.29, 1.82) is 0 Å². The summed E-state index contributed by atoms with van der Waals surface area (Å²) >= 11 is 6.37. The number of carbonyl (C=O) groups is 1. The summed E-state index contributed by atoms with van der Waals surface area (Å²) in [5.41, 5.74) is 2.55. The van der Waals surface area contributed by atoms with Crippen LogP contribution in [0.5, 0.6) is 0 Å². The van der Waals surface area contributed by atoms with Crippen molar-refractivity contribution >= 4 is 37.6 Å². The molecule has 0 aliphatic carbocycles. The quantitative estimate of drug-likeness (QED) is 0.610. The largest absolute Gasteiger partial charge is 0.300 e. The van der Waals surface area contributed by atoms with E-state index in [1.807, 2.05) is 12.1 Å². The Bertz CT molecular complexity index is 437. The summed E-state index contributed by atoms with van der Waals surface area (Å²) in [7, 11) is 0. The molecule has 0 saturated heterocycles. The van der Waals surface area contributed by atoms with Crippen molar-refractivity contribution in [2.24, 2.45) is 0 Å². The van der Waals surface area contributed by atoms with Crippen LogP contribution in [0, 0.1) is 0 Å². The van der Waals surface area contributed by atoms with Gasteiger partial charge in [0.15, 0.2) is 0 Å². The summed E-state index contributed by atoms with van der Waals surface area (Å²) in [4.78, 5) is 10.6. The first-order valence-electron chi connectivity index (χ1n) is 6.52. The second-order valence-electron chi connectivity index (χ2n) is 4.15. The Kier molecular flexibility index (Phi) is 9.25. The molecule has 0 atom stereocenters. The number of hydrogen-bond donors (Lipinski definition) is 0. The maximum absolute atomic E-state index is 10.6. The third-order valence-electron chi connectivity index (χ3n) is 2.63. The van der Waals surface area contributed by atoms with Crippen molar-refractivity contribution in [2.75, 3.05) is 10.7 Å². The first-order valence-corrected chi connectivity index (χ1v) is 8.76. The van der Waals surface area contributed by atoms with E-state index in [9.17, 15) is 4.79 Å². The lowest BCUT2D eigenvalue weighted by Crippen LogP contribution is -1.97. The predicted molar refractivity (Wildman–Crippen MR) is 93.7 cm³/mol. The molecule has 0 spiro atoms. The molecule has 0 bridgehead atoms. The summed E-state index contributed by atoms with van der Waals surface area (Å²) in [5.74, 6) is 0.318. The van der Waals surface area contributed by atoms with Crippen molar-refractivity contribution in [3.05, 3.63) is 60.7 Å². The lowest BCUT2D eigenvalue weighted by atomic mass is 10.1. The average molecular weight is 398 g/mol. The third-order valence-corrected chi connectivity index (χ3v) is 3.42. The van der Waals surface area contributed by atoms with Gasteiger partial charge < -0.3 is 0 Å². The monoisotopic (exact) mass is 396 g/mol. The Morgan fingerprint density at radius 1 is 0.700 bits per heavy atom. The Morgan fingerprint density at radius 2 is 1.05 bits per heavy atom. The number of halogens is 2. The second kappa shape index (κ2) is 10.8. The first kappa shape index (κ1) is 17.1. The van der Waals surface area contributed by atoms with Crippen LogP contribution in [-0.2, 0) is 4.79 Å². The normalized spacial score (nSPS) is 9.50. The lowest BCUT2D eigenvalue weighted by Gasteiger charge is -1.98. The van der Waals surface area contributed by atoms with E-state index >= 15 is 0 Å². The van der Waals surface area contributed by atoms with Crippen LogP contribution in [-0.4, -0.2) is 16.4 Å². The van der Waals surface area contributed by atoms with Gasteiger partial charge >= 0.3 is 0 Å². The Morgan fingerprint density at radius 3 is 1.35 bits per heavy atom. The zero-order valence-corrected chi connectivity index (χ0v) is 14.4. The maximum atomic E-state index is 10.6.